The van der Waals surface area contributed by atoms with Crippen molar-refractivity contribution in [2.24, 2.45) is 11.8 Å². The van der Waals surface area contributed by atoms with Crippen LogP contribution in [0.1, 0.15) is 11.1 Å². The Bertz CT molecular complexity index is 759. The minimum atomic E-state index is 0.306. The number of hydrogen-bond donors (Lipinski definition) is 0. The number of fused-ring (bicyclic) bond motifs is 1. The molecule has 1 aromatic heterocycles. The maximum absolute atomic E-state index is 8.98. The van der Waals surface area contributed by atoms with Gasteiger partial charge in [-0.15, -0.1) is 0 Å². The van der Waals surface area contributed by atoms with E-state index in [4.69, 9.17) is 14.7 Å². The fourth-order valence-electron chi connectivity index (χ4n) is 3.79. The Kier molecular flexibility index (Phi) is 4.64. The maximum Gasteiger partial charge on any atom is 0.120 e. The van der Waals surface area contributed by atoms with E-state index in [1.54, 1.807) is 12.1 Å². The second kappa shape index (κ2) is 7.22. The zero-order valence-corrected chi connectivity index (χ0v) is 14.0. The summed E-state index contributed by atoms with van der Waals surface area (Å²) in [5, 5.41) is 8.98. The summed E-state index contributed by atoms with van der Waals surface area (Å²) >= 11 is 0. The molecule has 5 heteroatoms. The zero-order chi connectivity index (χ0) is 17.1. The number of nitrogens with zero attached hydrogens (tertiary/aromatic N) is 3. The van der Waals surface area contributed by atoms with E-state index >= 15 is 0 Å². The molecule has 2 aromatic rings. The Labute approximate surface area is 147 Å². The molecule has 0 amide bonds. The molecule has 2 aliphatic rings. The van der Waals surface area contributed by atoms with Gasteiger partial charge in [0.15, 0.2) is 0 Å². The average molecular weight is 335 g/mol. The normalized spacial score (nSPS) is 25.5. The standard InChI is InChI=1S/C20H21N3O2/c21-9-16-2-1-3-18(8-16)24-13-17-14-25-20-12-23(11-19(17)20)10-15-4-6-22-7-5-15/h1-8,17,19-20H,10-14H2/t17-,19-,20-/m1/s1. The lowest BCUT2D eigenvalue weighted by Gasteiger charge is -2.20. The summed E-state index contributed by atoms with van der Waals surface area (Å²) in [6, 6.07) is 13.6. The summed E-state index contributed by atoms with van der Waals surface area (Å²) < 4.78 is 11.9. The molecule has 0 spiro atoms. The monoisotopic (exact) mass is 335 g/mol. The van der Waals surface area contributed by atoms with Gasteiger partial charge in [0.2, 0.25) is 0 Å². The number of benzene rings is 1. The van der Waals surface area contributed by atoms with Crippen molar-refractivity contribution in [3.05, 3.63) is 59.9 Å². The van der Waals surface area contributed by atoms with E-state index < -0.39 is 0 Å². The van der Waals surface area contributed by atoms with Crippen LogP contribution in [0.4, 0.5) is 0 Å². The first-order valence-electron chi connectivity index (χ1n) is 8.67. The lowest BCUT2D eigenvalue weighted by molar-refractivity contribution is 0.0897. The molecular formula is C20H21N3O2. The van der Waals surface area contributed by atoms with Crippen molar-refractivity contribution >= 4 is 0 Å². The molecule has 0 radical (unpaired) electrons. The maximum atomic E-state index is 8.98. The number of nitriles is 1. The third-order valence-corrected chi connectivity index (χ3v) is 5.10. The van der Waals surface area contributed by atoms with Crippen LogP contribution in [-0.2, 0) is 11.3 Å². The molecule has 0 aliphatic carbocycles. The van der Waals surface area contributed by atoms with Crippen molar-refractivity contribution in [2.75, 3.05) is 26.3 Å². The van der Waals surface area contributed by atoms with E-state index in [9.17, 15) is 0 Å². The predicted octanol–water partition coefficient (Wildman–Crippen LogP) is 2.48. The van der Waals surface area contributed by atoms with Crippen LogP contribution in [0.2, 0.25) is 0 Å². The van der Waals surface area contributed by atoms with Crippen molar-refractivity contribution < 1.29 is 9.47 Å². The van der Waals surface area contributed by atoms with E-state index in [-0.39, 0.29) is 0 Å². The van der Waals surface area contributed by atoms with Crippen molar-refractivity contribution in [2.45, 2.75) is 12.6 Å². The highest BCUT2D eigenvalue weighted by atomic mass is 16.5. The Morgan fingerprint density at radius 3 is 2.96 bits per heavy atom. The zero-order valence-electron chi connectivity index (χ0n) is 14.0. The molecule has 1 aromatic carbocycles. The van der Waals surface area contributed by atoms with E-state index in [1.165, 1.54) is 5.56 Å². The largest absolute Gasteiger partial charge is 0.493 e. The second-order valence-corrected chi connectivity index (χ2v) is 6.80. The number of ether oxygens (including phenoxy) is 2. The van der Waals surface area contributed by atoms with Crippen molar-refractivity contribution in [3.8, 4) is 11.8 Å². The number of likely N-dealkylation sites (tertiary alicyclic amines) is 1. The van der Waals surface area contributed by atoms with Gasteiger partial charge in [-0.25, -0.2) is 0 Å². The molecule has 2 fully saturated rings. The van der Waals surface area contributed by atoms with Gasteiger partial charge in [-0.3, -0.25) is 9.88 Å². The highest BCUT2D eigenvalue weighted by Crippen LogP contribution is 2.34. The van der Waals surface area contributed by atoms with Crippen LogP contribution in [0, 0.1) is 23.2 Å². The molecule has 0 bridgehead atoms. The molecule has 0 N–H and O–H groups in total. The van der Waals surface area contributed by atoms with Crippen LogP contribution in [0.3, 0.4) is 0 Å². The molecule has 128 valence electrons. The van der Waals surface area contributed by atoms with Gasteiger partial charge in [-0.05, 0) is 35.9 Å². The van der Waals surface area contributed by atoms with Gasteiger partial charge in [0.25, 0.3) is 0 Å². The summed E-state index contributed by atoms with van der Waals surface area (Å²) in [5.74, 6) is 1.67. The van der Waals surface area contributed by atoms with Crippen molar-refractivity contribution in [3.63, 3.8) is 0 Å². The third-order valence-electron chi connectivity index (χ3n) is 5.10. The molecule has 2 saturated heterocycles. The average Bonchev–Trinajstić information content (AvgIpc) is 3.21. The highest BCUT2D eigenvalue weighted by molar-refractivity contribution is 5.36. The van der Waals surface area contributed by atoms with Crippen LogP contribution in [0.25, 0.3) is 0 Å². The van der Waals surface area contributed by atoms with Gasteiger partial charge in [0.1, 0.15) is 5.75 Å². The summed E-state index contributed by atoms with van der Waals surface area (Å²) in [4.78, 5) is 6.53. The van der Waals surface area contributed by atoms with Crippen LogP contribution in [0.5, 0.6) is 5.75 Å². The lowest BCUT2D eigenvalue weighted by atomic mass is 9.94. The predicted molar refractivity (Wildman–Crippen MR) is 92.9 cm³/mol. The lowest BCUT2D eigenvalue weighted by Crippen LogP contribution is -2.26. The first-order valence-corrected chi connectivity index (χ1v) is 8.67. The van der Waals surface area contributed by atoms with Gasteiger partial charge in [-0.2, -0.15) is 5.26 Å². The molecule has 4 rings (SSSR count). The molecule has 25 heavy (non-hydrogen) atoms. The SMILES string of the molecule is N#Cc1cccc(OC[C@@H]2CO[C@@H]3CN(Cc4ccncc4)C[C@H]23)c1. The smallest absolute Gasteiger partial charge is 0.120 e. The fraction of sp³-hybridized carbons (Fsp3) is 0.400. The fourth-order valence-corrected chi connectivity index (χ4v) is 3.79. The van der Waals surface area contributed by atoms with Gasteiger partial charge in [-0.1, -0.05) is 6.07 Å². The van der Waals surface area contributed by atoms with E-state index in [0.717, 1.165) is 32.0 Å². The van der Waals surface area contributed by atoms with Gasteiger partial charge < -0.3 is 9.47 Å². The van der Waals surface area contributed by atoms with Crippen LogP contribution >= 0.6 is 0 Å². The number of pyridine rings is 1. The summed E-state index contributed by atoms with van der Waals surface area (Å²) in [6.45, 7) is 4.36. The molecule has 0 saturated carbocycles. The number of aromatic nitrogens is 1. The van der Waals surface area contributed by atoms with Crippen molar-refractivity contribution in [1.29, 1.82) is 5.26 Å². The quantitative estimate of drug-likeness (QED) is 0.840. The molecule has 3 heterocycles. The summed E-state index contributed by atoms with van der Waals surface area (Å²) in [6.07, 6.45) is 3.99. The third kappa shape index (κ3) is 3.65. The Morgan fingerprint density at radius 2 is 2.12 bits per heavy atom. The Hall–Kier alpha value is -2.42. The summed E-state index contributed by atoms with van der Waals surface area (Å²) in [7, 11) is 0. The van der Waals surface area contributed by atoms with Crippen LogP contribution < -0.4 is 4.74 Å². The second-order valence-electron chi connectivity index (χ2n) is 6.80. The van der Waals surface area contributed by atoms with E-state index in [0.29, 0.717) is 30.1 Å². The number of hydrogen-bond acceptors (Lipinski definition) is 5. The van der Waals surface area contributed by atoms with Gasteiger partial charge in [0.05, 0.1) is 31.0 Å². The summed E-state index contributed by atoms with van der Waals surface area (Å²) in [5.41, 5.74) is 1.92. The first kappa shape index (κ1) is 16.1. The topological polar surface area (TPSA) is 58.4 Å². The minimum absolute atomic E-state index is 0.306. The molecular weight excluding hydrogens is 314 g/mol. The number of rotatable bonds is 5. The van der Waals surface area contributed by atoms with E-state index in [2.05, 4.69) is 28.1 Å². The molecule has 2 aliphatic heterocycles. The molecule has 3 atom stereocenters. The Balaban J connectivity index is 1.33. The first-order chi connectivity index (χ1) is 12.3. The minimum Gasteiger partial charge on any atom is -0.493 e. The van der Waals surface area contributed by atoms with Gasteiger partial charge in [0, 0.05) is 43.9 Å². The highest BCUT2D eigenvalue weighted by Gasteiger charge is 2.43. The molecule has 5 nitrogen and oxygen atoms in total. The van der Waals surface area contributed by atoms with E-state index in [1.807, 2.05) is 24.5 Å². The molecule has 0 unspecified atom stereocenters. The van der Waals surface area contributed by atoms with Crippen molar-refractivity contribution in [1.82, 2.24) is 9.88 Å². The Morgan fingerprint density at radius 1 is 1.24 bits per heavy atom. The van der Waals surface area contributed by atoms with Gasteiger partial charge >= 0.3 is 0 Å². The van der Waals surface area contributed by atoms with Crippen LogP contribution in [-0.4, -0.2) is 42.3 Å². The van der Waals surface area contributed by atoms with Crippen LogP contribution in [0.15, 0.2) is 48.8 Å².